The fraction of sp³-hybridized carbons (Fsp3) is 0.316. The molecule has 0 radical (unpaired) electrons. The number of sulfonamides is 1. The van der Waals surface area contributed by atoms with Gasteiger partial charge in [-0.2, -0.15) is 0 Å². The highest BCUT2D eigenvalue weighted by Crippen LogP contribution is 2.24. The van der Waals surface area contributed by atoms with Gasteiger partial charge in [-0.1, -0.05) is 29.8 Å². The number of piperazine rings is 1. The molecule has 2 aromatic rings. The maximum atomic E-state index is 13.2. The molecule has 1 aliphatic rings. The Morgan fingerprint density at radius 2 is 1.70 bits per heavy atom. The van der Waals surface area contributed by atoms with Gasteiger partial charge in [-0.15, -0.1) is 0 Å². The van der Waals surface area contributed by atoms with Crippen molar-refractivity contribution in [1.82, 2.24) is 14.5 Å². The first-order valence-electron chi connectivity index (χ1n) is 8.60. The van der Waals surface area contributed by atoms with Crippen LogP contribution in [0.3, 0.4) is 0 Å². The molecule has 144 valence electrons. The molecule has 1 aliphatic heterocycles. The van der Waals surface area contributed by atoms with Crippen molar-refractivity contribution in [3.63, 3.8) is 0 Å². The van der Waals surface area contributed by atoms with E-state index in [4.69, 9.17) is 0 Å². The van der Waals surface area contributed by atoms with Crippen LogP contribution in [0.25, 0.3) is 0 Å². The summed E-state index contributed by atoms with van der Waals surface area (Å²) in [5, 5.41) is 0. The quantitative estimate of drug-likeness (QED) is 0.873. The number of amides is 2. The van der Waals surface area contributed by atoms with E-state index in [1.54, 1.807) is 24.3 Å². The van der Waals surface area contributed by atoms with E-state index in [0.29, 0.717) is 19.6 Å². The second-order valence-electron chi connectivity index (χ2n) is 6.72. The Bertz CT molecular complexity index is 914. The molecule has 1 N–H and O–H groups in total. The lowest BCUT2D eigenvalue weighted by Crippen LogP contribution is -2.52. The average molecular weight is 391 g/mol. The Labute approximate surface area is 158 Å². The van der Waals surface area contributed by atoms with Crippen molar-refractivity contribution in [2.75, 3.05) is 26.7 Å². The molecule has 0 spiro atoms. The van der Waals surface area contributed by atoms with E-state index in [1.165, 1.54) is 29.2 Å². The predicted octanol–water partition coefficient (Wildman–Crippen LogP) is 2.52. The zero-order valence-corrected chi connectivity index (χ0v) is 16.0. The standard InChI is InChI=1S/C19H22FN3O3S/c1-14-3-9-17(10-4-14)27(25,26)21-19(24)23-12-11-22(2)18(13-23)15-5-7-16(20)8-6-15/h3-10,18H,11-13H2,1-2H3,(H,21,24). The summed E-state index contributed by atoms with van der Waals surface area (Å²) in [7, 11) is -2.01. The van der Waals surface area contributed by atoms with Crippen LogP contribution in [0.4, 0.5) is 9.18 Å². The number of rotatable bonds is 3. The Morgan fingerprint density at radius 3 is 2.33 bits per heavy atom. The van der Waals surface area contributed by atoms with Crippen LogP contribution in [0.1, 0.15) is 17.2 Å². The van der Waals surface area contributed by atoms with Gasteiger partial charge in [0.2, 0.25) is 0 Å². The number of hydrogen-bond acceptors (Lipinski definition) is 4. The minimum Gasteiger partial charge on any atom is -0.321 e. The summed E-state index contributed by atoms with van der Waals surface area (Å²) in [6.45, 7) is 3.16. The van der Waals surface area contributed by atoms with E-state index in [2.05, 4.69) is 9.62 Å². The summed E-state index contributed by atoms with van der Waals surface area (Å²) in [5.74, 6) is -0.323. The summed E-state index contributed by atoms with van der Waals surface area (Å²) in [6, 6.07) is 11.6. The van der Waals surface area contributed by atoms with E-state index in [-0.39, 0.29) is 16.8 Å². The van der Waals surface area contributed by atoms with Gasteiger partial charge in [-0.3, -0.25) is 4.90 Å². The SMILES string of the molecule is Cc1ccc(S(=O)(=O)NC(=O)N2CCN(C)C(c3ccc(F)cc3)C2)cc1. The average Bonchev–Trinajstić information content (AvgIpc) is 2.63. The van der Waals surface area contributed by atoms with Crippen molar-refractivity contribution in [3.8, 4) is 0 Å². The highest BCUT2D eigenvalue weighted by atomic mass is 32.2. The van der Waals surface area contributed by atoms with Gasteiger partial charge in [0.25, 0.3) is 10.0 Å². The number of halogens is 1. The fourth-order valence-electron chi connectivity index (χ4n) is 3.06. The van der Waals surface area contributed by atoms with Crippen molar-refractivity contribution in [3.05, 3.63) is 65.5 Å². The van der Waals surface area contributed by atoms with Gasteiger partial charge in [0.15, 0.2) is 0 Å². The highest BCUT2D eigenvalue weighted by Gasteiger charge is 2.30. The topological polar surface area (TPSA) is 69.7 Å². The Kier molecular flexibility index (Phi) is 5.48. The molecule has 0 aromatic heterocycles. The molecule has 1 atom stereocenters. The lowest BCUT2D eigenvalue weighted by atomic mass is 10.0. The third-order valence-electron chi connectivity index (χ3n) is 4.74. The molecular formula is C19H22FN3O3S. The number of hydrogen-bond donors (Lipinski definition) is 1. The molecule has 1 unspecified atom stereocenters. The fourth-order valence-corrected chi connectivity index (χ4v) is 4.03. The molecule has 2 aromatic carbocycles. The largest absolute Gasteiger partial charge is 0.331 e. The number of carbonyl (C=O) groups is 1. The molecule has 3 rings (SSSR count). The van der Waals surface area contributed by atoms with Gasteiger partial charge in [0, 0.05) is 19.6 Å². The van der Waals surface area contributed by atoms with E-state index in [1.807, 2.05) is 14.0 Å². The number of benzene rings is 2. The van der Waals surface area contributed by atoms with Crippen LogP contribution in [0.15, 0.2) is 53.4 Å². The number of aryl methyl sites for hydroxylation is 1. The van der Waals surface area contributed by atoms with Crippen LogP contribution in [0.2, 0.25) is 0 Å². The summed E-state index contributed by atoms with van der Waals surface area (Å²) in [6.07, 6.45) is 0. The molecule has 1 saturated heterocycles. The number of carbonyl (C=O) groups excluding carboxylic acids is 1. The molecule has 27 heavy (non-hydrogen) atoms. The summed E-state index contributed by atoms with van der Waals surface area (Å²) >= 11 is 0. The van der Waals surface area contributed by atoms with Gasteiger partial charge in [-0.05, 0) is 43.8 Å². The molecule has 0 saturated carbocycles. The smallest absolute Gasteiger partial charge is 0.321 e. The highest BCUT2D eigenvalue weighted by molar-refractivity contribution is 7.90. The van der Waals surface area contributed by atoms with Gasteiger partial charge in [-0.25, -0.2) is 22.3 Å². The molecule has 1 fully saturated rings. The van der Waals surface area contributed by atoms with Crippen molar-refractivity contribution < 1.29 is 17.6 Å². The molecule has 6 nitrogen and oxygen atoms in total. The number of nitrogens with zero attached hydrogens (tertiary/aromatic N) is 2. The van der Waals surface area contributed by atoms with Gasteiger partial charge in [0.05, 0.1) is 10.9 Å². The number of nitrogens with one attached hydrogen (secondary N) is 1. The minimum atomic E-state index is -3.93. The van der Waals surface area contributed by atoms with Crippen molar-refractivity contribution in [1.29, 1.82) is 0 Å². The van der Waals surface area contributed by atoms with E-state index >= 15 is 0 Å². The van der Waals surface area contributed by atoms with Crippen LogP contribution in [-0.4, -0.2) is 50.9 Å². The molecule has 2 amide bonds. The summed E-state index contributed by atoms with van der Waals surface area (Å²) in [5.41, 5.74) is 1.80. The zero-order valence-electron chi connectivity index (χ0n) is 15.2. The summed E-state index contributed by atoms with van der Waals surface area (Å²) < 4.78 is 40.2. The predicted molar refractivity (Wildman–Crippen MR) is 100 cm³/mol. The van der Waals surface area contributed by atoms with Crippen LogP contribution < -0.4 is 4.72 Å². The lowest BCUT2D eigenvalue weighted by molar-refractivity contribution is 0.112. The second kappa shape index (κ2) is 7.66. The van der Waals surface area contributed by atoms with Crippen molar-refractivity contribution >= 4 is 16.1 Å². The first-order valence-corrected chi connectivity index (χ1v) is 10.1. The van der Waals surface area contributed by atoms with Crippen molar-refractivity contribution in [2.24, 2.45) is 0 Å². The van der Waals surface area contributed by atoms with Crippen LogP contribution in [0.5, 0.6) is 0 Å². The van der Waals surface area contributed by atoms with E-state index in [0.717, 1.165) is 11.1 Å². The maximum absolute atomic E-state index is 13.2. The van der Waals surface area contributed by atoms with Crippen molar-refractivity contribution in [2.45, 2.75) is 17.9 Å². The van der Waals surface area contributed by atoms with E-state index < -0.39 is 16.1 Å². The molecule has 1 heterocycles. The summed E-state index contributed by atoms with van der Waals surface area (Å²) in [4.78, 5) is 16.1. The first-order chi connectivity index (χ1) is 12.8. The first kappa shape index (κ1) is 19.3. The normalized spacial score (nSPS) is 18.3. The monoisotopic (exact) mass is 391 g/mol. The molecule has 0 aliphatic carbocycles. The Morgan fingerprint density at radius 1 is 1.07 bits per heavy atom. The second-order valence-corrected chi connectivity index (χ2v) is 8.40. The van der Waals surface area contributed by atoms with Gasteiger partial charge < -0.3 is 4.90 Å². The van der Waals surface area contributed by atoms with Crippen LogP contribution >= 0.6 is 0 Å². The maximum Gasteiger partial charge on any atom is 0.331 e. The van der Waals surface area contributed by atoms with Gasteiger partial charge in [0.1, 0.15) is 5.82 Å². The Hall–Kier alpha value is -2.45. The lowest BCUT2D eigenvalue weighted by Gasteiger charge is -2.39. The van der Waals surface area contributed by atoms with E-state index in [9.17, 15) is 17.6 Å². The van der Waals surface area contributed by atoms with Crippen LogP contribution in [0, 0.1) is 12.7 Å². The van der Waals surface area contributed by atoms with Crippen LogP contribution in [-0.2, 0) is 10.0 Å². The third kappa shape index (κ3) is 4.45. The third-order valence-corrected chi connectivity index (χ3v) is 6.08. The number of likely N-dealkylation sites (N-methyl/N-ethyl adjacent to an activating group) is 1. The minimum absolute atomic E-state index is 0.0469. The number of urea groups is 1. The molecular weight excluding hydrogens is 369 g/mol. The molecule has 8 heteroatoms. The van der Waals surface area contributed by atoms with Gasteiger partial charge >= 0.3 is 6.03 Å². The molecule has 0 bridgehead atoms. The Balaban J connectivity index is 1.72. The zero-order chi connectivity index (χ0) is 19.6.